The molecule has 0 unspecified atom stereocenters. The predicted octanol–water partition coefficient (Wildman–Crippen LogP) is 3.37. The molecule has 1 aromatic heterocycles. The molecule has 1 heteroatoms. The number of aromatic nitrogens is 1. The van der Waals surface area contributed by atoms with Gasteiger partial charge in [0.1, 0.15) is 0 Å². The van der Waals surface area contributed by atoms with Crippen molar-refractivity contribution >= 4 is 0 Å². The molecular weight excluding hydrogens is 170 g/mol. The van der Waals surface area contributed by atoms with E-state index in [1.165, 1.54) is 22.3 Å². The first-order valence-corrected chi connectivity index (χ1v) is 4.75. The molecule has 0 spiro atoms. The molecule has 2 aromatic rings. The molecule has 1 nitrogen and oxygen atoms in total. The maximum absolute atomic E-state index is 4.01. The number of pyridine rings is 1. The minimum Gasteiger partial charge on any atom is -0.265 e. The third-order valence-corrected chi connectivity index (χ3v) is 2.52. The van der Waals surface area contributed by atoms with Gasteiger partial charge in [-0.3, -0.25) is 4.98 Å². The van der Waals surface area contributed by atoms with Gasteiger partial charge in [-0.15, -0.1) is 0 Å². The summed E-state index contributed by atoms with van der Waals surface area (Å²) in [6.07, 6.45) is 3.65. The van der Waals surface area contributed by atoms with E-state index in [0.717, 1.165) is 0 Å². The average molecular weight is 183 g/mol. The normalized spacial score (nSPS) is 10.1. The molecule has 0 saturated heterocycles. The van der Waals surface area contributed by atoms with Crippen LogP contribution in [0.15, 0.2) is 42.7 Å². The van der Waals surface area contributed by atoms with Gasteiger partial charge >= 0.3 is 0 Å². The quantitative estimate of drug-likeness (QED) is 0.660. The van der Waals surface area contributed by atoms with Crippen LogP contribution in [-0.2, 0) is 0 Å². The second-order valence-electron chi connectivity index (χ2n) is 3.53. The van der Waals surface area contributed by atoms with Crippen molar-refractivity contribution in [3.63, 3.8) is 0 Å². The fourth-order valence-corrected chi connectivity index (χ4v) is 1.47. The lowest BCUT2D eigenvalue weighted by molar-refractivity contribution is 1.31. The molecule has 0 saturated carbocycles. The Hall–Kier alpha value is -1.63. The Morgan fingerprint density at radius 2 is 1.50 bits per heavy atom. The molecule has 1 aromatic carbocycles. The smallest absolute Gasteiger partial charge is 0.0273 e. The summed E-state index contributed by atoms with van der Waals surface area (Å²) >= 11 is 0. The summed E-state index contributed by atoms with van der Waals surface area (Å²) in [5.74, 6) is 0. The first-order chi connectivity index (χ1) is 6.77. The van der Waals surface area contributed by atoms with E-state index in [1.54, 1.807) is 0 Å². The molecule has 0 aliphatic rings. The number of benzene rings is 1. The molecule has 14 heavy (non-hydrogen) atoms. The van der Waals surface area contributed by atoms with Gasteiger partial charge in [-0.1, -0.05) is 18.2 Å². The van der Waals surface area contributed by atoms with E-state index in [0.29, 0.717) is 0 Å². The zero-order valence-electron chi connectivity index (χ0n) is 8.49. The fraction of sp³-hybridized carbons (Fsp3) is 0.154. The Bertz CT molecular complexity index is 432. The minimum absolute atomic E-state index is 1.23. The van der Waals surface area contributed by atoms with Gasteiger partial charge in [0.25, 0.3) is 0 Å². The molecule has 0 amide bonds. The number of nitrogens with zero attached hydrogens (tertiary/aromatic N) is 1. The lowest BCUT2D eigenvalue weighted by Crippen LogP contribution is -1.83. The Morgan fingerprint density at radius 3 is 2.14 bits per heavy atom. The average Bonchev–Trinajstić information content (AvgIpc) is 2.23. The standard InChI is InChI=1S/C13H13N/c1-10-3-4-13(9-11(10)2)12-5-7-14-8-6-12/h3-9H,1-2H3. The van der Waals surface area contributed by atoms with E-state index in [4.69, 9.17) is 0 Å². The van der Waals surface area contributed by atoms with E-state index >= 15 is 0 Å². The number of hydrogen-bond acceptors (Lipinski definition) is 1. The van der Waals surface area contributed by atoms with E-state index in [-0.39, 0.29) is 0 Å². The second kappa shape index (κ2) is 3.62. The summed E-state index contributed by atoms with van der Waals surface area (Å²) in [4.78, 5) is 4.01. The van der Waals surface area contributed by atoms with Crippen molar-refractivity contribution in [1.82, 2.24) is 4.98 Å². The van der Waals surface area contributed by atoms with E-state index in [9.17, 15) is 0 Å². The summed E-state index contributed by atoms with van der Waals surface area (Å²) in [5.41, 5.74) is 5.15. The van der Waals surface area contributed by atoms with Crippen LogP contribution < -0.4 is 0 Å². The van der Waals surface area contributed by atoms with Crippen LogP contribution in [0.4, 0.5) is 0 Å². The van der Waals surface area contributed by atoms with Crippen LogP contribution in [0.1, 0.15) is 11.1 Å². The van der Waals surface area contributed by atoms with Crippen molar-refractivity contribution in [2.75, 3.05) is 0 Å². The number of aryl methyl sites for hydroxylation is 2. The topological polar surface area (TPSA) is 12.9 Å². The van der Waals surface area contributed by atoms with Crippen molar-refractivity contribution in [1.29, 1.82) is 0 Å². The van der Waals surface area contributed by atoms with Crippen LogP contribution in [0.3, 0.4) is 0 Å². The second-order valence-corrected chi connectivity index (χ2v) is 3.53. The van der Waals surface area contributed by atoms with Crippen LogP contribution in [0.25, 0.3) is 11.1 Å². The van der Waals surface area contributed by atoms with Gasteiger partial charge < -0.3 is 0 Å². The van der Waals surface area contributed by atoms with Crippen molar-refractivity contribution < 1.29 is 0 Å². The molecule has 1 heterocycles. The monoisotopic (exact) mass is 183 g/mol. The molecule has 70 valence electrons. The molecule has 0 fully saturated rings. The van der Waals surface area contributed by atoms with Gasteiger partial charge in [-0.05, 0) is 48.2 Å². The molecule has 0 aliphatic heterocycles. The summed E-state index contributed by atoms with van der Waals surface area (Å²) in [6.45, 7) is 4.27. The summed E-state index contributed by atoms with van der Waals surface area (Å²) < 4.78 is 0. The van der Waals surface area contributed by atoms with E-state index in [2.05, 4.69) is 37.0 Å². The molecule has 0 radical (unpaired) electrons. The SMILES string of the molecule is Cc1ccc(-c2ccncc2)cc1C. The lowest BCUT2D eigenvalue weighted by atomic mass is 10.0. The van der Waals surface area contributed by atoms with Crippen LogP contribution >= 0.6 is 0 Å². The number of hydrogen-bond donors (Lipinski definition) is 0. The zero-order valence-corrected chi connectivity index (χ0v) is 8.49. The summed E-state index contributed by atoms with van der Waals surface area (Å²) in [6, 6.07) is 10.6. The van der Waals surface area contributed by atoms with Gasteiger partial charge in [0, 0.05) is 12.4 Å². The van der Waals surface area contributed by atoms with E-state index < -0.39 is 0 Å². The largest absolute Gasteiger partial charge is 0.265 e. The van der Waals surface area contributed by atoms with Crippen LogP contribution in [-0.4, -0.2) is 4.98 Å². The van der Waals surface area contributed by atoms with Crippen LogP contribution in [0.2, 0.25) is 0 Å². The van der Waals surface area contributed by atoms with Gasteiger partial charge in [0.15, 0.2) is 0 Å². The maximum atomic E-state index is 4.01. The highest BCUT2D eigenvalue weighted by Crippen LogP contribution is 2.20. The highest BCUT2D eigenvalue weighted by Gasteiger charge is 1.98. The van der Waals surface area contributed by atoms with Crippen molar-refractivity contribution in [2.45, 2.75) is 13.8 Å². The summed E-state index contributed by atoms with van der Waals surface area (Å²) in [5, 5.41) is 0. The van der Waals surface area contributed by atoms with E-state index in [1.807, 2.05) is 24.5 Å². The van der Waals surface area contributed by atoms with Crippen molar-refractivity contribution in [3.8, 4) is 11.1 Å². The Labute approximate surface area is 84.4 Å². The molecular formula is C13H13N. The zero-order chi connectivity index (χ0) is 9.97. The van der Waals surface area contributed by atoms with Gasteiger partial charge in [0.05, 0.1) is 0 Å². The Morgan fingerprint density at radius 1 is 0.786 bits per heavy atom. The molecule has 0 aliphatic carbocycles. The molecule has 0 bridgehead atoms. The molecule has 2 rings (SSSR count). The lowest BCUT2D eigenvalue weighted by Gasteiger charge is -2.04. The predicted molar refractivity (Wildman–Crippen MR) is 59.1 cm³/mol. The Balaban J connectivity index is 2.48. The van der Waals surface area contributed by atoms with Gasteiger partial charge in [-0.2, -0.15) is 0 Å². The third-order valence-electron chi connectivity index (χ3n) is 2.52. The summed E-state index contributed by atoms with van der Waals surface area (Å²) in [7, 11) is 0. The highest BCUT2D eigenvalue weighted by atomic mass is 14.6. The highest BCUT2D eigenvalue weighted by molar-refractivity contribution is 5.64. The maximum Gasteiger partial charge on any atom is 0.0273 e. The Kier molecular flexibility index (Phi) is 2.32. The fourth-order valence-electron chi connectivity index (χ4n) is 1.47. The van der Waals surface area contributed by atoms with Gasteiger partial charge in [0.2, 0.25) is 0 Å². The number of rotatable bonds is 1. The first-order valence-electron chi connectivity index (χ1n) is 4.75. The van der Waals surface area contributed by atoms with Crippen LogP contribution in [0, 0.1) is 13.8 Å². The van der Waals surface area contributed by atoms with Crippen molar-refractivity contribution in [3.05, 3.63) is 53.9 Å². The third kappa shape index (κ3) is 1.67. The minimum atomic E-state index is 1.23. The van der Waals surface area contributed by atoms with Crippen molar-refractivity contribution in [2.24, 2.45) is 0 Å². The molecule has 0 N–H and O–H groups in total. The van der Waals surface area contributed by atoms with Gasteiger partial charge in [-0.25, -0.2) is 0 Å². The first kappa shape index (κ1) is 8.95. The molecule has 0 atom stereocenters. The van der Waals surface area contributed by atoms with Crippen LogP contribution in [0.5, 0.6) is 0 Å².